The van der Waals surface area contributed by atoms with E-state index in [0.29, 0.717) is 5.05 Å². The third-order valence-electron chi connectivity index (χ3n) is 18.2. The number of aliphatic hydroxyl groups excluding tert-OH is 1. The van der Waals surface area contributed by atoms with Crippen molar-refractivity contribution in [3.63, 3.8) is 0 Å². The average Bonchev–Trinajstić information content (AvgIpc) is 3.54. The molecule has 146 valence electrons. The third-order valence-corrected chi connectivity index (χ3v) is 61.2. The first kappa shape index (κ1) is 13.6. The molecule has 1 spiro atoms. The molecule has 10 heterocycles. The molecule has 1 nitrogen and oxygen atoms in total. The molecule has 10 aliphatic rings. The van der Waals surface area contributed by atoms with Gasteiger partial charge in [-0.3, -0.25) is 0 Å². The molecule has 0 aromatic carbocycles. The number of fused-ring (bicyclic) bond motifs is 10. The Morgan fingerprint density at radius 1 is 0.846 bits per heavy atom. The molecule has 26 heavy (non-hydrogen) atoms. The second kappa shape index (κ2) is 1.70. The van der Waals surface area contributed by atoms with Crippen LogP contribution in [0.4, 0.5) is 0 Å². The SMILES string of the molecule is CCCCCCCCCCC(CC(O)=S)[C]12[CH]3[CH]4[CH]5[CH]1[Fe]45321678[CH]2[CH]1[CH]6[CH]7[CH]28. The van der Waals surface area contributed by atoms with E-state index in [1.54, 1.807) is 0 Å². The predicted molar refractivity (Wildman–Crippen MR) is 107 cm³/mol. The van der Waals surface area contributed by atoms with Crippen LogP contribution in [0.5, 0.6) is 0 Å². The Hall–Kier alpha value is 0.409. The quantitative estimate of drug-likeness (QED) is 0.197. The van der Waals surface area contributed by atoms with Crippen molar-refractivity contribution < 1.29 is 11.6 Å². The summed E-state index contributed by atoms with van der Waals surface area (Å²) in [5.41, 5.74) is 0. The Kier molecular flexibility index (Phi) is 0.888. The summed E-state index contributed by atoms with van der Waals surface area (Å²) in [6, 6.07) is 0. The third kappa shape index (κ3) is 0.246. The molecule has 5 unspecified atom stereocenters. The normalized spacial score (nSPS) is 83.2. The van der Waals surface area contributed by atoms with E-state index < -0.39 is 6.51 Å². The van der Waals surface area contributed by atoms with Crippen LogP contribution in [0.2, 0.25) is 47.7 Å². The number of hydrogen-bond donors (Lipinski definition) is 1. The van der Waals surface area contributed by atoms with Crippen molar-refractivity contribution in [3.8, 4) is 0 Å². The van der Waals surface area contributed by atoms with Gasteiger partial charge in [-0.1, -0.05) is 0 Å². The zero-order chi connectivity index (χ0) is 17.2. The van der Waals surface area contributed by atoms with Crippen molar-refractivity contribution in [2.75, 3.05) is 0 Å². The summed E-state index contributed by atoms with van der Waals surface area (Å²) >= 11 is 5.27. The van der Waals surface area contributed by atoms with E-state index in [1.165, 1.54) is 101 Å². The Labute approximate surface area is 153 Å². The van der Waals surface area contributed by atoms with Gasteiger partial charge in [0.15, 0.2) is 0 Å². The van der Waals surface area contributed by atoms with Crippen LogP contribution in [0.25, 0.3) is 0 Å². The minimum atomic E-state index is -3.01. The van der Waals surface area contributed by atoms with Crippen molar-refractivity contribution in [2.24, 2.45) is 5.92 Å². The molecule has 0 radical (unpaired) electrons. The van der Waals surface area contributed by atoms with Crippen molar-refractivity contribution in [2.45, 2.75) is 119 Å². The van der Waals surface area contributed by atoms with Crippen molar-refractivity contribution in [1.29, 1.82) is 0 Å². The summed E-state index contributed by atoms with van der Waals surface area (Å²) in [6.07, 6.45) is 13.8. The Bertz CT molecular complexity index is 1060. The van der Waals surface area contributed by atoms with Gasteiger partial charge in [-0.25, -0.2) is 0 Å². The molecule has 10 aliphatic heterocycles. The molecular weight excluding hydrogens is 380 g/mol. The molecule has 0 amide bonds. The predicted octanol–water partition coefficient (Wildman–Crippen LogP) is 8.17. The van der Waals surface area contributed by atoms with Crippen LogP contribution >= 0.6 is 12.2 Å². The van der Waals surface area contributed by atoms with Crippen LogP contribution in [0, 0.1) is 5.92 Å². The van der Waals surface area contributed by atoms with Crippen LogP contribution < -0.4 is 0 Å². The molecule has 10 fully saturated rings. The first-order valence-corrected chi connectivity index (χ1v) is 18.5. The molecule has 3 heteroatoms. The van der Waals surface area contributed by atoms with Crippen LogP contribution in [0.15, 0.2) is 0 Å². The first-order valence-electron chi connectivity index (χ1n) is 11.9. The maximum absolute atomic E-state index is 10.1. The van der Waals surface area contributed by atoms with E-state index in [0.717, 1.165) is 16.7 Å². The summed E-state index contributed by atoms with van der Waals surface area (Å²) in [7, 11) is 0. The van der Waals surface area contributed by atoms with Gasteiger partial charge >= 0.3 is 154 Å². The molecule has 0 aromatic rings. The molecule has 10 rings (SSSR count). The molecule has 0 aromatic heterocycles. The second-order valence-corrected chi connectivity index (χ2v) is 38.4. The zero-order valence-electron chi connectivity index (χ0n) is 16.1. The Balaban J connectivity index is 0.924. The average molecular weight is 414 g/mol. The van der Waals surface area contributed by atoms with Crippen molar-refractivity contribution in [1.82, 2.24) is 0 Å². The summed E-state index contributed by atoms with van der Waals surface area (Å²) < 4.78 is 0.937. The van der Waals surface area contributed by atoms with Gasteiger partial charge < -0.3 is 0 Å². The van der Waals surface area contributed by atoms with E-state index in [4.69, 9.17) is 12.2 Å². The minimum absolute atomic E-state index is 0.366. The van der Waals surface area contributed by atoms with Crippen LogP contribution in [0.1, 0.15) is 71.1 Å². The number of thiocarbonyl (C=S) groups is 1. The van der Waals surface area contributed by atoms with Gasteiger partial charge in [0.1, 0.15) is 0 Å². The first-order chi connectivity index (χ1) is 12.4. The van der Waals surface area contributed by atoms with Crippen LogP contribution in [-0.4, -0.2) is 10.2 Å². The van der Waals surface area contributed by atoms with Gasteiger partial charge in [-0.15, -0.1) is 0 Å². The standard InChI is InChI=1S/C18H29OS.C5H5.Fe/c1-2-3-4-5-6-7-8-9-14-17(15-18(19)20)16-12-10-11-13-16;1-2-4-5-3-1;/h10-13,17H,2-9,14-15H2,1H3,(H,19,20);1-5H;. The maximum atomic E-state index is 10.1. The fraction of sp³-hybridized carbons (Fsp3) is 0.957. The number of unbranched alkanes of at least 4 members (excludes halogenated alkanes) is 7. The van der Waals surface area contributed by atoms with Gasteiger partial charge in [-0.05, 0) is 0 Å². The van der Waals surface area contributed by atoms with Crippen molar-refractivity contribution >= 4 is 17.3 Å². The summed E-state index contributed by atoms with van der Waals surface area (Å²) in [5.74, 6) is 0.856. The molecule has 10 saturated heterocycles. The van der Waals surface area contributed by atoms with E-state index in [2.05, 4.69) is 6.92 Å². The van der Waals surface area contributed by atoms with E-state index in [1.807, 2.05) is 0 Å². The molecule has 0 bridgehead atoms. The monoisotopic (exact) mass is 414 g/mol. The number of hydrogen-bond acceptors (Lipinski definition) is 1. The molecular formula is C23H34FeOS. The van der Waals surface area contributed by atoms with Gasteiger partial charge in [0.2, 0.25) is 0 Å². The summed E-state index contributed by atoms with van der Waals surface area (Å²) in [6.45, 7) is -0.710. The van der Waals surface area contributed by atoms with Gasteiger partial charge in [0, 0.05) is 0 Å². The van der Waals surface area contributed by atoms with E-state index >= 15 is 0 Å². The number of aliphatic hydroxyl groups is 1. The fourth-order valence-corrected chi connectivity index (χ4v) is 95.6. The molecule has 1 N–H and O–H groups in total. The van der Waals surface area contributed by atoms with Gasteiger partial charge in [0.05, 0.1) is 0 Å². The van der Waals surface area contributed by atoms with E-state index in [9.17, 15) is 5.11 Å². The zero-order valence-corrected chi connectivity index (χ0v) is 18.0. The van der Waals surface area contributed by atoms with E-state index in [-0.39, 0.29) is 0 Å². The summed E-state index contributed by atoms with van der Waals surface area (Å²) in [5, 5.41) is 10.5. The Morgan fingerprint density at radius 3 is 1.73 bits per heavy atom. The number of rotatable bonds is 12. The Morgan fingerprint density at radius 2 is 1.35 bits per heavy atom. The van der Waals surface area contributed by atoms with Gasteiger partial charge in [-0.2, -0.15) is 0 Å². The van der Waals surface area contributed by atoms with Crippen LogP contribution in [0.3, 0.4) is 0 Å². The second-order valence-electron chi connectivity index (χ2n) is 14.3. The topological polar surface area (TPSA) is 20.2 Å². The van der Waals surface area contributed by atoms with Crippen LogP contribution in [-0.2, 0) is 6.51 Å². The fourth-order valence-electron chi connectivity index (χ4n) is 19.7. The summed E-state index contributed by atoms with van der Waals surface area (Å²) in [4.78, 5) is 12.6. The van der Waals surface area contributed by atoms with Gasteiger partial charge in [0.25, 0.3) is 0 Å². The van der Waals surface area contributed by atoms with Crippen molar-refractivity contribution in [3.05, 3.63) is 0 Å². The molecule has 0 saturated carbocycles. The molecule has 5 atom stereocenters. The molecule has 0 aliphatic carbocycles.